The van der Waals surface area contributed by atoms with Gasteiger partial charge in [0.25, 0.3) is 0 Å². The minimum absolute atomic E-state index is 0.00722. The molecule has 1 saturated carbocycles. The van der Waals surface area contributed by atoms with Crippen LogP contribution in [0.2, 0.25) is 0 Å². The van der Waals surface area contributed by atoms with Gasteiger partial charge in [-0.05, 0) is 19.3 Å². The number of aliphatic imine (C=N–C) groups is 1. The molecule has 3 heteroatoms. The summed E-state index contributed by atoms with van der Waals surface area (Å²) in [7, 11) is 0. The van der Waals surface area contributed by atoms with E-state index in [2.05, 4.69) is 4.99 Å². The molecule has 0 bridgehead atoms. The summed E-state index contributed by atoms with van der Waals surface area (Å²) < 4.78 is 5.26. The summed E-state index contributed by atoms with van der Waals surface area (Å²) in [6.45, 7) is 2.04. The molecule has 1 heterocycles. The van der Waals surface area contributed by atoms with Crippen molar-refractivity contribution in [2.45, 2.75) is 51.6 Å². The first-order valence-electron chi connectivity index (χ1n) is 5.59. The average molecular weight is 195 g/mol. The third-order valence-electron chi connectivity index (χ3n) is 3.23. The van der Waals surface area contributed by atoms with Crippen LogP contribution in [-0.4, -0.2) is 17.9 Å². The average Bonchev–Trinajstić information content (AvgIpc) is 2.61. The van der Waals surface area contributed by atoms with Crippen LogP contribution in [0.1, 0.15) is 45.4 Å². The number of hydrogen-bond acceptors (Lipinski definition) is 2. The molecule has 2 aliphatic rings. The van der Waals surface area contributed by atoms with Gasteiger partial charge in [-0.3, -0.25) is 0 Å². The van der Waals surface area contributed by atoms with Gasteiger partial charge in [0.05, 0.1) is 5.71 Å². The van der Waals surface area contributed by atoms with Gasteiger partial charge >= 0.3 is 6.09 Å². The van der Waals surface area contributed by atoms with Crippen LogP contribution < -0.4 is 0 Å². The molecule has 0 aromatic rings. The van der Waals surface area contributed by atoms with Gasteiger partial charge < -0.3 is 4.74 Å². The van der Waals surface area contributed by atoms with E-state index < -0.39 is 0 Å². The Kier molecular flexibility index (Phi) is 2.85. The monoisotopic (exact) mass is 195 g/mol. The van der Waals surface area contributed by atoms with Crippen molar-refractivity contribution in [1.29, 1.82) is 0 Å². The molecule has 2 rings (SSSR count). The van der Waals surface area contributed by atoms with Crippen LogP contribution in [0.15, 0.2) is 4.99 Å². The molecule has 0 spiro atoms. The van der Waals surface area contributed by atoms with Crippen LogP contribution in [0.5, 0.6) is 0 Å². The van der Waals surface area contributed by atoms with Gasteiger partial charge in [-0.15, -0.1) is 0 Å². The Labute approximate surface area is 84.5 Å². The second kappa shape index (κ2) is 4.11. The molecule has 0 aromatic heterocycles. The van der Waals surface area contributed by atoms with Crippen LogP contribution in [0.3, 0.4) is 0 Å². The van der Waals surface area contributed by atoms with E-state index in [4.69, 9.17) is 4.74 Å². The number of nitrogens with zero attached hydrogens (tertiary/aromatic N) is 1. The normalized spacial score (nSPS) is 28.8. The van der Waals surface area contributed by atoms with E-state index in [-0.39, 0.29) is 12.2 Å². The number of amides is 1. The lowest BCUT2D eigenvalue weighted by Crippen LogP contribution is -2.30. The minimum atomic E-state index is -0.377. The third kappa shape index (κ3) is 1.81. The molecule has 78 valence electrons. The summed E-state index contributed by atoms with van der Waals surface area (Å²) in [4.78, 5) is 15.0. The van der Waals surface area contributed by atoms with Gasteiger partial charge in [0.15, 0.2) is 0 Å². The van der Waals surface area contributed by atoms with E-state index in [0.717, 1.165) is 12.1 Å². The van der Waals surface area contributed by atoms with Gasteiger partial charge in [-0.2, -0.15) is 4.99 Å². The molecule has 1 aliphatic heterocycles. The van der Waals surface area contributed by atoms with Crippen molar-refractivity contribution < 1.29 is 9.53 Å². The topological polar surface area (TPSA) is 38.7 Å². The van der Waals surface area contributed by atoms with Crippen LogP contribution >= 0.6 is 0 Å². The maximum atomic E-state index is 11.1. The molecule has 1 unspecified atom stereocenters. The third-order valence-corrected chi connectivity index (χ3v) is 3.23. The molecular formula is C11H17NO2. The van der Waals surface area contributed by atoms with Gasteiger partial charge in [-0.1, -0.05) is 26.2 Å². The van der Waals surface area contributed by atoms with Crippen molar-refractivity contribution in [1.82, 2.24) is 0 Å². The summed E-state index contributed by atoms with van der Waals surface area (Å²) in [6.07, 6.45) is 6.73. The summed E-state index contributed by atoms with van der Waals surface area (Å²) in [5.74, 6) is 0.536. The highest BCUT2D eigenvalue weighted by Gasteiger charge is 2.34. The van der Waals surface area contributed by atoms with Gasteiger partial charge in [0, 0.05) is 5.92 Å². The number of cyclic esters (lactones) is 1. The van der Waals surface area contributed by atoms with E-state index in [9.17, 15) is 4.79 Å². The van der Waals surface area contributed by atoms with Crippen molar-refractivity contribution in [3.63, 3.8) is 0 Å². The fourth-order valence-corrected chi connectivity index (χ4v) is 2.47. The highest BCUT2D eigenvalue weighted by Crippen LogP contribution is 2.31. The fourth-order valence-electron chi connectivity index (χ4n) is 2.47. The number of carbonyl (C=O) groups is 1. The predicted molar refractivity (Wildman–Crippen MR) is 54.6 cm³/mol. The molecule has 14 heavy (non-hydrogen) atoms. The second-order valence-electron chi connectivity index (χ2n) is 4.16. The van der Waals surface area contributed by atoms with E-state index in [1.165, 1.54) is 32.1 Å². The van der Waals surface area contributed by atoms with E-state index in [1.807, 2.05) is 6.92 Å². The Hall–Kier alpha value is -0.860. The van der Waals surface area contributed by atoms with E-state index >= 15 is 0 Å². The molecule has 1 atom stereocenters. The van der Waals surface area contributed by atoms with Crippen molar-refractivity contribution in [3.8, 4) is 0 Å². The van der Waals surface area contributed by atoms with Gasteiger partial charge in [0.2, 0.25) is 0 Å². The van der Waals surface area contributed by atoms with Gasteiger partial charge in [-0.25, -0.2) is 4.79 Å². The predicted octanol–water partition coefficient (Wildman–Crippen LogP) is 2.94. The summed E-state index contributed by atoms with van der Waals surface area (Å²) in [6, 6.07) is 0. The lowest BCUT2D eigenvalue weighted by Gasteiger charge is -2.26. The lowest BCUT2D eigenvalue weighted by atomic mass is 9.83. The summed E-state index contributed by atoms with van der Waals surface area (Å²) >= 11 is 0. The molecule has 0 aromatic carbocycles. The van der Waals surface area contributed by atoms with Crippen molar-refractivity contribution >= 4 is 11.8 Å². The van der Waals surface area contributed by atoms with Crippen LogP contribution in [0.25, 0.3) is 0 Å². The molecule has 0 saturated heterocycles. The van der Waals surface area contributed by atoms with Crippen molar-refractivity contribution in [2.75, 3.05) is 0 Å². The fraction of sp³-hybridized carbons (Fsp3) is 0.818. The van der Waals surface area contributed by atoms with Crippen molar-refractivity contribution in [3.05, 3.63) is 0 Å². The Bertz CT molecular complexity index is 254. The zero-order chi connectivity index (χ0) is 9.97. The highest BCUT2D eigenvalue weighted by atomic mass is 16.6. The Morgan fingerprint density at radius 2 is 2.07 bits per heavy atom. The van der Waals surface area contributed by atoms with E-state index in [1.54, 1.807) is 0 Å². The molecule has 0 N–H and O–H groups in total. The van der Waals surface area contributed by atoms with Gasteiger partial charge in [0.1, 0.15) is 6.10 Å². The molecule has 1 amide bonds. The van der Waals surface area contributed by atoms with Crippen molar-refractivity contribution in [2.24, 2.45) is 10.9 Å². The largest absolute Gasteiger partial charge is 0.438 e. The second-order valence-corrected chi connectivity index (χ2v) is 4.16. The van der Waals surface area contributed by atoms with Crippen LogP contribution in [0.4, 0.5) is 4.79 Å². The summed E-state index contributed by atoms with van der Waals surface area (Å²) in [5, 5.41) is 0. The molecule has 0 radical (unpaired) electrons. The zero-order valence-corrected chi connectivity index (χ0v) is 8.66. The Morgan fingerprint density at radius 1 is 1.36 bits per heavy atom. The number of rotatable bonds is 2. The lowest BCUT2D eigenvalue weighted by molar-refractivity contribution is 0.105. The quantitative estimate of drug-likeness (QED) is 0.679. The first kappa shape index (κ1) is 9.69. The molecule has 1 aliphatic carbocycles. The number of carbonyl (C=O) groups excluding carboxylic acids is 1. The minimum Gasteiger partial charge on any atom is -0.438 e. The Morgan fingerprint density at radius 3 is 2.71 bits per heavy atom. The standard InChI is InChI=1S/C11H17NO2/c1-2-9-10(14-11(13)12-9)8-6-4-3-5-7-8/h8,10H,2-7H2,1H3. The smallest absolute Gasteiger partial charge is 0.434 e. The first-order chi connectivity index (χ1) is 6.81. The van der Waals surface area contributed by atoms with Crippen LogP contribution in [0, 0.1) is 5.92 Å². The maximum absolute atomic E-state index is 11.1. The molecular weight excluding hydrogens is 178 g/mol. The Balaban J connectivity index is 2.03. The molecule has 3 nitrogen and oxygen atoms in total. The first-order valence-corrected chi connectivity index (χ1v) is 5.59. The number of hydrogen-bond donors (Lipinski definition) is 0. The number of ether oxygens (including phenoxy) is 1. The van der Waals surface area contributed by atoms with Crippen LogP contribution in [-0.2, 0) is 4.74 Å². The summed E-state index contributed by atoms with van der Waals surface area (Å²) in [5.41, 5.74) is 0.960. The molecule has 1 fully saturated rings. The zero-order valence-electron chi connectivity index (χ0n) is 8.66. The SMILES string of the molecule is CCC1=NC(=O)OC1C1CCCCC1. The highest BCUT2D eigenvalue weighted by molar-refractivity contribution is 6.01. The maximum Gasteiger partial charge on any atom is 0.434 e. The van der Waals surface area contributed by atoms with E-state index in [0.29, 0.717) is 5.92 Å².